The first-order valence-electron chi connectivity index (χ1n) is 8.83. The number of hydrogen-bond donors (Lipinski definition) is 1. The number of unbranched alkanes of at least 4 members (excludes halogenated alkanes) is 5. The highest BCUT2D eigenvalue weighted by Crippen LogP contribution is 2.26. The summed E-state index contributed by atoms with van der Waals surface area (Å²) in [5.74, 6) is 1.71. The van der Waals surface area contributed by atoms with Crippen molar-refractivity contribution in [1.82, 2.24) is 5.32 Å². The van der Waals surface area contributed by atoms with E-state index in [4.69, 9.17) is 4.74 Å². The second-order valence-corrected chi connectivity index (χ2v) is 6.23. The van der Waals surface area contributed by atoms with Gasteiger partial charge in [0.05, 0.1) is 6.61 Å². The molecule has 0 amide bonds. The highest BCUT2D eigenvalue weighted by Gasteiger charge is 2.15. The summed E-state index contributed by atoms with van der Waals surface area (Å²) in [4.78, 5) is 0. The standard InChI is InChI=1S/C19H31NO/c1-2-3-4-5-6-7-14-21-19-12-8-10-17(15-19)18-11-9-13-20-16-18/h8,10,12,15,18,20H,2-7,9,11,13-14,16H2,1H3. The fourth-order valence-electron chi connectivity index (χ4n) is 3.07. The first-order valence-corrected chi connectivity index (χ1v) is 8.83. The lowest BCUT2D eigenvalue weighted by Crippen LogP contribution is -2.28. The zero-order chi connectivity index (χ0) is 14.8. The van der Waals surface area contributed by atoms with Crippen molar-refractivity contribution in [3.05, 3.63) is 29.8 Å². The van der Waals surface area contributed by atoms with Crippen LogP contribution in [0.15, 0.2) is 24.3 Å². The molecule has 1 heterocycles. The van der Waals surface area contributed by atoms with Gasteiger partial charge in [-0.2, -0.15) is 0 Å². The van der Waals surface area contributed by atoms with Crippen LogP contribution in [0.25, 0.3) is 0 Å². The van der Waals surface area contributed by atoms with Crippen molar-refractivity contribution >= 4 is 0 Å². The van der Waals surface area contributed by atoms with Gasteiger partial charge in [0.25, 0.3) is 0 Å². The van der Waals surface area contributed by atoms with E-state index in [0.717, 1.165) is 18.9 Å². The molecule has 1 N–H and O–H groups in total. The lowest BCUT2D eigenvalue weighted by Gasteiger charge is -2.23. The van der Waals surface area contributed by atoms with E-state index in [-0.39, 0.29) is 0 Å². The molecule has 21 heavy (non-hydrogen) atoms. The highest BCUT2D eigenvalue weighted by atomic mass is 16.5. The van der Waals surface area contributed by atoms with Gasteiger partial charge < -0.3 is 10.1 Å². The minimum Gasteiger partial charge on any atom is -0.494 e. The molecule has 0 aromatic heterocycles. The molecule has 2 rings (SSSR count). The minimum atomic E-state index is 0.663. The summed E-state index contributed by atoms with van der Waals surface area (Å²) in [6.07, 6.45) is 10.5. The summed E-state index contributed by atoms with van der Waals surface area (Å²) in [6.45, 7) is 5.40. The van der Waals surface area contributed by atoms with Crippen LogP contribution in [0.2, 0.25) is 0 Å². The van der Waals surface area contributed by atoms with E-state index in [9.17, 15) is 0 Å². The van der Waals surface area contributed by atoms with Gasteiger partial charge in [-0.05, 0) is 49.4 Å². The van der Waals surface area contributed by atoms with E-state index in [1.165, 1.54) is 63.5 Å². The van der Waals surface area contributed by atoms with E-state index in [1.807, 2.05) is 0 Å². The summed E-state index contributed by atoms with van der Waals surface area (Å²) in [7, 11) is 0. The number of rotatable bonds is 9. The van der Waals surface area contributed by atoms with Crippen LogP contribution >= 0.6 is 0 Å². The number of hydrogen-bond acceptors (Lipinski definition) is 2. The molecule has 1 aliphatic heterocycles. The molecule has 1 aliphatic rings. The Labute approximate surface area is 130 Å². The van der Waals surface area contributed by atoms with Gasteiger partial charge in [0.2, 0.25) is 0 Å². The van der Waals surface area contributed by atoms with Crippen molar-refractivity contribution in [1.29, 1.82) is 0 Å². The number of nitrogens with one attached hydrogen (secondary N) is 1. The molecule has 0 saturated carbocycles. The molecule has 0 radical (unpaired) electrons. The molecule has 1 saturated heterocycles. The lowest BCUT2D eigenvalue weighted by molar-refractivity contribution is 0.303. The summed E-state index contributed by atoms with van der Waals surface area (Å²) in [5.41, 5.74) is 1.43. The molecular formula is C19H31NO. The second kappa shape index (κ2) is 9.83. The molecule has 2 nitrogen and oxygen atoms in total. The third-order valence-electron chi connectivity index (χ3n) is 4.39. The molecular weight excluding hydrogens is 258 g/mol. The largest absolute Gasteiger partial charge is 0.494 e. The van der Waals surface area contributed by atoms with Gasteiger partial charge in [0.15, 0.2) is 0 Å². The lowest BCUT2D eigenvalue weighted by atomic mass is 9.92. The predicted molar refractivity (Wildman–Crippen MR) is 90.2 cm³/mol. The second-order valence-electron chi connectivity index (χ2n) is 6.23. The SMILES string of the molecule is CCCCCCCCOc1cccc(C2CCCNC2)c1. The first-order chi connectivity index (χ1) is 10.4. The van der Waals surface area contributed by atoms with Crippen LogP contribution in [0, 0.1) is 0 Å². The number of ether oxygens (including phenoxy) is 1. The Bertz CT molecular complexity index is 385. The van der Waals surface area contributed by atoms with Gasteiger partial charge >= 0.3 is 0 Å². The van der Waals surface area contributed by atoms with Crippen molar-refractivity contribution in [2.45, 2.75) is 64.2 Å². The van der Waals surface area contributed by atoms with Crippen LogP contribution in [0.1, 0.15) is 69.8 Å². The van der Waals surface area contributed by atoms with Gasteiger partial charge in [-0.3, -0.25) is 0 Å². The van der Waals surface area contributed by atoms with Gasteiger partial charge in [-0.1, -0.05) is 51.2 Å². The van der Waals surface area contributed by atoms with Crippen LogP contribution < -0.4 is 10.1 Å². The molecule has 1 aromatic rings. The van der Waals surface area contributed by atoms with E-state index in [2.05, 4.69) is 36.5 Å². The Morgan fingerprint density at radius 2 is 2.00 bits per heavy atom. The maximum absolute atomic E-state index is 5.92. The highest BCUT2D eigenvalue weighted by molar-refractivity contribution is 5.31. The molecule has 0 bridgehead atoms. The third kappa shape index (κ3) is 6.09. The topological polar surface area (TPSA) is 21.3 Å². The van der Waals surface area contributed by atoms with Crippen molar-refractivity contribution in [2.24, 2.45) is 0 Å². The fourth-order valence-corrected chi connectivity index (χ4v) is 3.07. The van der Waals surface area contributed by atoms with Crippen LogP contribution in [-0.2, 0) is 0 Å². The summed E-state index contributed by atoms with van der Waals surface area (Å²) >= 11 is 0. The molecule has 1 unspecified atom stereocenters. The predicted octanol–water partition coefficient (Wildman–Crippen LogP) is 4.89. The summed E-state index contributed by atoms with van der Waals surface area (Å²) in [5, 5.41) is 3.49. The summed E-state index contributed by atoms with van der Waals surface area (Å²) < 4.78 is 5.92. The molecule has 0 spiro atoms. The van der Waals surface area contributed by atoms with Crippen LogP contribution in [0.5, 0.6) is 5.75 Å². The summed E-state index contributed by atoms with van der Waals surface area (Å²) in [6, 6.07) is 8.72. The van der Waals surface area contributed by atoms with Crippen LogP contribution in [0.3, 0.4) is 0 Å². The Kier molecular flexibility index (Phi) is 7.66. The Morgan fingerprint density at radius 1 is 1.14 bits per heavy atom. The Hall–Kier alpha value is -1.02. The first kappa shape index (κ1) is 16.4. The molecule has 0 aliphatic carbocycles. The van der Waals surface area contributed by atoms with Crippen molar-refractivity contribution < 1.29 is 4.74 Å². The molecule has 1 atom stereocenters. The zero-order valence-electron chi connectivity index (χ0n) is 13.6. The third-order valence-corrected chi connectivity index (χ3v) is 4.39. The zero-order valence-corrected chi connectivity index (χ0v) is 13.6. The van der Waals surface area contributed by atoms with E-state index in [0.29, 0.717) is 5.92 Å². The van der Waals surface area contributed by atoms with Gasteiger partial charge in [-0.15, -0.1) is 0 Å². The molecule has 1 fully saturated rings. The number of piperidine rings is 1. The van der Waals surface area contributed by atoms with Crippen molar-refractivity contribution in [3.63, 3.8) is 0 Å². The Balaban J connectivity index is 1.68. The average molecular weight is 289 g/mol. The van der Waals surface area contributed by atoms with E-state index < -0.39 is 0 Å². The normalized spacial score (nSPS) is 18.6. The van der Waals surface area contributed by atoms with Gasteiger partial charge in [0, 0.05) is 6.54 Å². The van der Waals surface area contributed by atoms with Crippen molar-refractivity contribution in [3.8, 4) is 5.75 Å². The minimum absolute atomic E-state index is 0.663. The van der Waals surface area contributed by atoms with Gasteiger partial charge in [0.1, 0.15) is 5.75 Å². The molecule has 1 aromatic carbocycles. The monoisotopic (exact) mass is 289 g/mol. The van der Waals surface area contributed by atoms with E-state index >= 15 is 0 Å². The quantitative estimate of drug-likeness (QED) is 0.653. The van der Waals surface area contributed by atoms with Crippen LogP contribution in [-0.4, -0.2) is 19.7 Å². The average Bonchev–Trinajstić information content (AvgIpc) is 2.55. The fraction of sp³-hybridized carbons (Fsp3) is 0.684. The number of benzene rings is 1. The smallest absolute Gasteiger partial charge is 0.119 e. The molecule has 118 valence electrons. The van der Waals surface area contributed by atoms with Crippen molar-refractivity contribution in [2.75, 3.05) is 19.7 Å². The maximum Gasteiger partial charge on any atom is 0.119 e. The van der Waals surface area contributed by atoms with E-state index in [1.54, 1.807) is 0 Å². The molecule has 2 heteroatoms. The van der Waals surface area contributed by atoms with Crippen LogP contribution in [0.4, 0.5) is 0 Å². The maximum atomic E-state index is 5.92. The van der Waals surface area contributed by atoms with Gasteiger partial charge in [-0.25, -0.2) is 0 Å². The Morgan fingerprint density at radius 3 is 2.81 bits per heavy atom.